The Bertz CT molecular complexity index is 2000. The Kier molecular flexibility index (Phi) is 9.57. The highest BCUT2D eigenvalue weighted by Gasteiger charge is 2.16. The van der Waals surface area contributed by atoms with E-state index in [2.05, 4.69) is 17.0 Å². The van der Waals surface area contributed by atoms with Crippen LogP contribution in [0.15, 0.2) is 83.8 Å². The van der Waals surface area contributed by atoms with E-state index in [0.29, 0.717) is 45.0 Å². The van der Waals surface area contributed by atoms with Gasteiger partial charge in [0.05, 0.1) is 28.5 Å². The molecule has 3 aromatic carbocycles. The first-order valence-corrected chi connectivity index (χ1v) is 16.5. The summed E-state index contributed by atoms with van der Waals surface area (Å²) in [5, 5.41) is 9.93. The van der Waals surface area contributed by atoms with Gasteiger partial charge in [0, 0.05) is 22.9 Å². The first-order valence-electron chi connectivity index (χ1n) is 15.3. The highest BCUT2D eigenvalue weighted by molar-refractivity contribution is 7.15. The van der Waals surface area contributed by atoms with Crippen molar-refractivity contribution >= 4 is 34.0 Å². The van der Waals surface area contributed by atoms with Crippen LogP contribution in [0.5, 0.6) is 11.5 Å². The lowest BCUT2D eigenvalue weighted by atomic mass is 10.1. The van der Waals surface area contributed by atoms with E-state index < -0.39 is 0 Å². The fraction of sp³-hybridized carbons (Fsp3) is 0.257. The number of halogens is 1. The number of hydrogen-bond acceptors (Lipinski definition) is 7. The summed E-state index contributed by atoms with van der Waals surface area (Å²) in [6, 6.07) is 23.1. The van der Waals surface area contributed by atoms with Gasteiger partial charge in [-0.1, -0.05) is 74.2 Å². The van der Waals surface area contributed by atoms with Crippen LogP contribution in [-0.4, -0.2) is 37.6 Å². The molecule has 8 nitrogen and oxygen atoms in total. The van der Waals surface area contributed by atoms with Gasteiger partial charge in [-0.25, -0.2) is 4.68 Å². The molecule has 0 bridgehead atoms. The molecule has 3 aromatic heterocycles. The van der Waals surface area contributed by atoms with E-state index in [9.17, 15) is 4.79 Å². The Labute approximate surface area is 270 Å². The van der Waals surface area contributed by atoms with E-state index >= 15 is 0 Å². The third kappa shape index (κ3) is 6.95. The second-order valence-corrected chi connectivity index (χ2v) is 12.1. The van der Waals surface area contributed by atoms with E-state index in [-0.39, 0.29) is 5.56 Å². The molecule has 230 valence electrons. The van der Waals surface area contributed by atoms with E-state index in [1.165, 1.54) is 35.1 Å². The smallest absolute Gasteiger partial charge is 0.291 e. The predicted molar refractivity (Wildman–Crippen MR) is 181 cm³/mol. The predicted octanol–water partition coefficient (Wildman–Crippen LogP) is 7.62. The van der Waals surface area contributed by atoms with Gasteiger partial charge < -0.3 is 9.47 Å². The average molecular weight is 640 g/mol. The summed E-state index contributed by atoms with van der Waals surface area (Å²) < 4.78 is 15.3. The first-order chi connectivity index (χ1) is 22.0. The minimum atomic E-state index is -0.236. The Balaban J connectivity index is 1.31. The van der Waals surface area contributed by atoms with Crippen molar-refractivity contribution < 1.29 is 9.47 Å². The minimum Gasteiger partial charge on any atom is -0.494 e. The summed E-state index contributed by atoms with van der Waals surface area (Å²) in [5.74, 6) is 1.94. The second kappa shape index (κ2) is 14.1. The lowest BCUT2D eigenvalue weighted by Gasteiger charge is -2.08. The molecule has 0 spiro atoms. The average Bonchev–Trinajstić information content (AvgIpc) is 3.76. The normalized spacial score (nSPS) is 11.8. The maximum absolute atomic E-state index is 13.5. The van der Waals surface area contributed by atoms with Crippen LogP contribution in [0.3, 0.4) is 0 Å². The maximum atomic E-state index is 13.5. The van der Waals surface area contributed by atoms with Gasteiger partial charge in [-0.05, 0) is 73.5 Å². The molecule has 6 aromatic rings. The lowest BCUT2D eigenvalue weighted by molar-refractivity contribution is 0.305. The number of para-hydroxylation sites is 1. The molecule has 10 heteroatoms. The molecular formula is C35H34ClN5O3S. The minimum absolute atomic E-state index is 0.236. The van der Waals surface area contributed by atoms with Crippen molar-refractivity contribution in [2.45, 2.75) is 46.0 Å². The topological polar surface area (TPSA) is 83.5 Å². The van der Waals surface area contributed by atoms with Crippen LogP contribution in [0, 0.1) is 0 Å². The summed E-state index contributed by atoms with van der Waals surface area (Å²) in [5.41, 5.74) is 3.76. The summed E-state index contributed by atoms with van der Waals surface area (Å²) in [6.45, 7) is 5.53. The molecule has 45 heavy (non-hydrogen) atoms. The van der Waals surface area contributed by atoms with Crippen molar-refractivity contribution in [2.24, 2.45) is 0 Å². The van der Waals surface area contributed by atoms with Gasteiger partial charge in [-0.2, -0.15) is 14.6 Å². The van der Waals surface area contributed by atoms with Gasteiger partial charge in [0.15, 0.2) is 5.82 Å². The lowest BCUT2D eigenvalue weighted by Crippen LogP contribution is -2.23. The number of nitrogens with zero attached hydrogens (tertiary/aromatic N) is 5. The number of benzene rings is 3. The van der Waals surface area contributed by atoms with Crippen molar-refractivity contribution in [2.75, 3.05) is 13.2 Å². The molecule has 3 heterocycles. The Morgan fingerprint density at radius 3 is 2.40 bits per heavy atom. The Hall–Kier alpha value is -4.47. The molecule has 0 atom stereocenters. The van der Waals surface area contributed by atoms with Gasteiger partial charge in [0.2, 0.25) is 4.96 Å². The first kappa shape index (κ1) is 30.6. The zero-order chi connectivity index (χ0) is 31.2. The molecule has 0 amide bonds. The van der Waals surface area contributed by atoms with Gasteiger partial charge in [0.1, 0.15) is 17.2 Å². The zero-order valence-corrected chi connectivity index (χ0v) is 26.9. The number of fused-ring (bicyclic) bond motifs is 1. The molecular weight excluding hydrogens is 606 g/mol. The number of aromatic nitrogens is 5. The molecule has 0 fully saturated rings. The summed E-state index contributed by atoms with van der Waals surface area (Å²) in [4.78, 5) is 18.7. The molecule has 0 saturated heterocycles. The summed E-state index contributed by atoms with van der Waals surface area (Å²) in [6.07, 6.45) is 9.28. The molecule has 0 unspecified atom stereocenters. The molecule has 0 aliphatic heterocycles. The van der Waals surface area contributed by atoms with Crippen LogP contribution >= 0.6 is 22.9 Å². The molecule has 0 aliphatic rings. The number of rotatable bonds is 13. The van der Waals surface area contributed by atoms with Crippen molar-refractivity contribution in [1.82, 2.24) is 24.4 Å². The van der Waals surface area contributed by atoms with Crippen LogP contribution in [0.25, 0.3) is 39.4 Å². The van der Waals surface area contributed by atoms with Crippen LogP contribution in [-0.2, 0) is 0 Å². The number of unbranched alkanes of at least 4 members (excludes halogenated alkanes) is 3. The summed E-state index contributed by atoms with van der Waals surface area (Å²) in [7, 11) is 0. The number of hydrogen-bond donors (Lipinski definition) is 0. The number of thiazole rings is 1. The van der Waals surface area contributed by atoms with E-state index in [1.54, 1.807) is 4.68 Å². The maximum Gasteiger partial charge on any atom is 0.291 e. The molecule has 0 aliphatic carbocycles. The van der Waals surface area contributed by atoms with Gasteiger partial charge >= 0.3 is 0 Å². The number of ether oxygens (including phenoxy) is 2. The van der Waals surface area contributed by atoms with Crippen LogP contribution in [0.2, 0.25) is 5.02 Å². The summed E-state index contributed by atoms with van der Waals surface area (Å²) >= 11 is 7.88. The Morgan fingerprint density at radius 2 is 1.67 bits per heavy atom. The molecule has 0 N–H and O–H groups in total. The molecule has 0 radical (unpaired) electrons. The largest absolute Gasteiger partial charge is 0.494 e. The monoisotopic (exact) mass is 639 g/mol. The van der Waals surface area contributed by atoms with E-state index in [0.717, 1.165) is 41.0 Å². The Morgan fingerprint density at radius 1 is 0.867 bits per heavy atom. The van der Waals surface area contributed by atoms with E-state index in [4.69, 9.17) is 26.2 Å². The molecule has 0 saturated carbocycles. The third-order valence-corrected chi connectivity index (χ3v) is 8.53. The van der Waals surface area contributed by atoms with Gasteiger partial charge in [-0.15, -0.1) is 5.10 Å². The van der Waals surface area contributed by atoms with Crippen molar-refractivity contribution in [3.05, 3.63) is 104 Å². The second-order valence-electron chi connectivity index (χ2n) is 10.7. The molecule has 6 rings (SSSR count). The van der Waals surface area contributed by atoms with Gasteiger partial charge in [-0.3, -0.25) is 4.79 Å². The standard InChI is InChI=1S/C35H34ClN5O3S/c1-3-5-6-10-20-43-28-16-13-24(14-17-28)33-37-35-41(39-33)34(42)31(45-35)22-26-23-40(27-11-8-7-9-12-27)38-32(26)25-15-18-30(29(36)21-25)44-19-4-2/h7-9,11-18,21-23H,3-6,10,19-20H2,1-2H3. The van der Waals surface area contributed by atoms with Gasteiger partial charge in [0.25, 0.3) is 5.56 Å². The van der Waals surface area contributed by atoms with Crippen molar-refractivity contribution in [3.63, 3.8) is 0 Å². The zero-order valence-electron chi connectivity index (χ0n) is 25.3. The third-order valence-electron chi connectivity index (χ3n) is 7.28. The SMILES string of the molecule is CCCCCCOc1ccc(-c2nc3sc(=Cc4cn(-c5ccccc5)nc4-c4ccc(OCCC)c(Cl)c4)c(=O)n3n2)cc1. The highest BCUT2D eigenvalue weighted by atomic mass is 35.5. The van der Waals surface area contributed by atoms with E-state index in [1.807, 2.05) is 92.0 Å². The quantitative estimate of drug-likeness (QED) is 0.121. The fourth-order valence-electron chi connectivity index (χ4n) is 4.92. The van der Waals surface area contributed by atoms with Crippen LogP contribution in [0.1, 0.15) is 51.5 Å². The highest BCUT2D eigenvalue weighted by Crippen LogP contribution is 2.32. The fourth-order valence-corrected chi connectivity index (χ4v) is 6.06. The van der Waals surface area contributed by atoms with Crippen LogP contribution in [0.4, 0.5) is 0 Å². The van der Waals surface area contributed by atoms with Crippen molar-refractivity contribution in [3.8, 4) is 39.8 Å². The van der Waals surface area contributed by atoms with Crippen LogP contribution < -0.4 is 19.6 Å². The van der Waals surface area contributed by atoms with Crippen molar-refractivity contribution in [1.29, 1.82) is 0 Å².